The molecule has 1 aromatic rings. The fourth-order valence-electron chi connectivity index (χ4n) is 3.28. The highest BCUT2D eigenvalue weighted by Gasteiger charge is 2.33. The summed E-state index contributed by atoms with van der Waals surface area (Å²) in [5, 5.41) is 21.0. The number of carbonyl (C=O) groups is 1. The molecule has 2 heterocycles. The van der Waals surface area contributed by atoms with Crippen LogP contribution in [-0.2, 0) is 4.74 Å². The van der Waals surface area contributed by atoms with Gasteiger partial charge in [0.15, 0.2) is 0 Å². The number of carbonyl (C=O) groups excluding carboxylic acids is 1. The van der Waals surface area contributed by atoms with Crippen LogP contribution < -0.4 is 5.32 Å². The highest BCUT2D eigenvalue weighted by atomic mass is 19.1. The summed E-state index contributed by atoms with van der Waals surface area (Å²) in [6.45, 7) is 2.91. The molecular weight excluding hydrogens is 346 g/mol. The lowest BCUT2D eigenvalue weighted by molar-refractivity contribution is 0.0845. The van der Waals surface area contributed by atoms with Crippen LogP contribution in [0.5, 0.6) is 0 Å². The van der Waals surface area contributed by atoms with Crippen molar-refractivity contribution in [1.82, 2.24) is 9.80 Å². The molecule has 2 saturated heterocycles. The van der Waals surface area contributed by atoms with Crippen molar-refractivity contribution in [3.05, 3.63) is 29.3 Å². The van der Waals surface area contributed by atoms with Crippen LogP contribution >= 0.6 is 0 Å². The van der Waals surface area contributed by atoms with Crippen LogP contribution in [0.15, 0.2) is 12.1 Å². The van der Waals surface area contributed by atoms with E-state index in [1.807, 2.05) is 0 Å². The minimum Gasteiger partial charge on any atom is -0.389 e. The minimum atomic E-state index is -0.888. The maximum absolute atomic E-state index is 13.9. The van der Waals surface area contributed by atoms with E-state index in [1.54, 1.807) is 6.07 Å². The van der Waals surface area contributed by atoms with Crippen molar-refractivity contribution in [2.75, 3.05) is 44.7 Å². The van der Waals surface area contributed by atoms with Gasteiger partial charge in [-0.05, 0) is 12.5 Å². The Morgan fingerprint density at radius 3 is 2.73 bits per heavy atom. The lowest BCUT2D eigenvalue weighted by Gasteiger charge is -2.28. The predicted molar refractivity (Wildman–Crippen MR) is 88.5 cm³/mol. The molecule has 3 rings (SSSR count). The van der Waals surface area contributed by atoms with Crippen LogP contribution in [-0.4, -0.2) is 72.5 Å². The molecule has 1 aromatic carbocycles. The van der Waals surface area contributed by atoms with Gasteiger partial charge in [-0.3, -0.25) is 4.90 Å². The molecule has 0 saturated carbocycles. The van der Waals surface area contributed by atoms with Crippen LogP contribution in [0.1, 0.15) is 12.0 Å². The van der Waals surface area contributed by atoms with Gasteiger partial charge in [0, 0.05) is 32.2 Å². The number of halogens is 2. The first-order valence-electron chi connectivity index (χ1n) is 8.44. The van der Waals surface area contributed by atoms with Gasteiger partial charge in [0.25, 0.3) is 0 Å². The molecule has 2 N–H and O–H groups in total. The van der Waals surface area contributed by atoms with E-state index >= 15 is 0 Å². The standard InChI is InChI=1S/C17H20F2N4O3/c18-12-7-14(13(19)6-11(12)8-20)21-17(25)23-3-1-2-22(4-5-23)15-9-26-10-16(15)24/h6-7,15-16,24H,1-5,9-10H2,(H,21,25). The summed E-state index contributed by atoms with van der Waals surface area (Å²) in [6, 6.07) is 2.51. The fourth-order valence-corrected chi connectivity index (χ4v) is 3.28. The second-order valence-electron chi connectivity index (χ2n) is 6.40. The van der Waals surface area contributed by atoms with E-state index in [4.69, 9.17) is 10.00 Å². The number of amides is 2. The number of rotatable bonds is 2. The quantitative estimate of drug-likeness (QED) is 0.819. The first kappa shape index (κ1) is 18.5. The Morgan fingerprint density at radius 2 is 2.04 bits per heavy atom. The predicted octanol–water partition coefficient (Wildman–Crippen LogP) is 1.14. The van der Waals surface area contributed by atoms with Gasteiger partial charge >= 0.3 is 6.03 Å². The summed E-state index contributed by atoms with van der Waals surface area (Å²) >= 11 is 0. The zero-order chi connectivity index (χ0) is 18.7. The maximum atomic E-state index is 13.9. The van der Waals surface area contributed by atoms with Crippen LogP contribution in [0.25, 0.3) is 0 Å². The van der Waals surface area contributed by atoms with Crippen molar-refractivity contribution >= 4 is 11.7 Å². The largest absolute Gasteiger partial charge is 0.389 e. The fraction of sp³-hybridized carbons (Fsp3) is 0.529. The molecule has 2 fully saturated rings. The molecule has 7 nitrogen and oxygen atoms in total. The molecule has 2 aliphatic rings. The van der Waals surface area contributed by atoms with Gasteiger partial charge in [-0.1, -0.05) is 0 Å². The number of hydrogen-bond acceptors (Lipinski definition) is 5. The second-order valence-corrected chi connectivity index (χ2v) is 6.40. The van der Waals surface area contributed by atoms with Crippen molar-refractivity contribution in [2.45, 2.75) is 18.6 Å². The molecule has 0 radical (unpaired) electrons. The third kappa shape index (κ3) is 3.93. The molecule has 2 amide bonds. The van der Waals surface area contributed by atoms with Gasteiger partial charge in [-0.25, -0.2) is 13.6 Å². The van der Waals surface area contributed by atoms with Gasteiger partial charge in [-0.15, -0.1) is 0 Å². The lowest BCUT2D eigenvalue weighted by atomic mass is 10.2. The molecule has 26 heavy (non-hydrogen) atoms. The summed E-state index contributed by atoms with van der Waals surface area (Å²) in [7, 11) is 0. The first-order valence-corrected chi connectivity index (χ1v) is 8.44. The zero-order valence-electron chi connectivity index (χ0n) is 14.1. The third-order valence-electron chi connectivity index (χ3n) is 4.73. The number of benzene rings is 1. The summed E-state index contributed by atoms with van der Waals surface area (Å²) in [5.41, 5.74) is -0.713. The number of urea groups is 1. The summed E-state index contributed by atoms with van der Waals surface area (Å²) in [4.78, 5) is 16.0. The number of aliphatic hydroxyl groups is 1. The highest BCUT2D eigenvalue weighted by molar-refractivity contribution is 5.89. The van der Waals surface area contributed by atoms with Crippen molar-refractivity contribution in [3.8, 4) is 6.07 Å². The number of ether oxygens (including phenoxy) is 1. The van der Waals surface area contributed by atoms with E-state index in [0.717, 1.165) is 12.1 Å². The molecule has 0 aliphatic carbocycles. The second kappa shape index (κ2) is 7.95. The number of aliphatic hydroxyl groups excluding tert-OH is 1. The number of nitrogens with zero attached hydrogens (tertiary/aromatic N) is 3. The van der Waals surface area contributed by atoms with Gasteiger partial charge < -0.3 is 20.1 Å². The van der Waals surface area contributed by atoms with Crippen LogP contribution in [0, 0.1) is 23.0 Å². The number of nitriles is 1. The number of anilines is 1. The number of nitrogens with one attached hydrogen (secondary N) is 1. The smallest absolute Gasteiger partial charge is 0.321 e. The molecule has 0 spiro atoms. The van der Waals surface area contributed by atoms with Crippen molar-refractivity contribution in [1.29, 1.82) is 5.26 Å². The maximum Gasteiger partial charge on any atom is 0.321 e. The molecule has 0 bridgehead atoms. The van der Waals surface area contributed by atoms with Crippen LogP contribution in [0.2, 0.25) is 0 Å². The summed E-state index contributed by atoms with van der Waals surface area (Å²) in [5.74, 6) is -1.75. The van der Waals surface area contributed by atoms with Crippen LogP contribution in [0.3, 0.4) is 0 Å². The Bertz CT molecular complexity index is 725. The Balaban J connectivity index is 1.62. The Hall–Kier alpha value is -2.28. The topological polar surface area (TPSA) is 88.8 Å². The molecule has 140 valence electrons. The van der Waals surface area contributed by atoms with Gasteiger partial charge in [0.05, 0.1) is 36.6 Å². The molecule has 2 atom stereocenters. The molecule has 0 aromatic heterocycles. The van der Waals surface area contributed by atoms with E-state index in [0.29, 0.717) is 45.8 Å². The van der Waals surface area contributed by atoms with E-state index in [2.05, 4.69) is 10.2 Å². The van der Waals surface area contributed by atoms with E-state index < -0.39 is 29.3 Å². The van der Waals surface area contributed by atoms with Gasteiger partial charge in [-0.2, -0.15) is 5.26 Å². The molecule has 9 heteroatoms. The van der Waals surface area contributed by atoms with E-state index in [1.165, 1.54) is 4.90 Å². The average molecular weight is 366 g/mol. The lowest BCUT2D eigenvalue weighted by Crippen LogP contribution is -2.45. The minimum absolute atomic E-state index is 0.0805. The van der Waals surface area contributed by atoms with Crippen molar-refractivity contribution in [3.63, 3.8) is 0 Å². The Kier molecular flexibility index (Phi) is 5.66. The molecule has 2 aliphatic heterocycles. The van der Waals surface area contributed by atoms with Crippen molar-refractivity contribution in [2.24, 2.45) is 0 Å². The van der Waals surface area contributed by atoms with Gasteiger partial charge in [0.2, 0.25) is 0 Å². The number of hydrogen-bond donors (Lipinski definition) is 2. The SMILES string of the molecule is N#Cc1cc(F)c(NC(=O)N2CCCN(C3COCC3O)CC2)cc1F. The summed E-state index contributed by atoms with van der Waals surface area (Å²) < 4.78 is 32.9. The average Bonchev–Trinajstić information content (AvgIpc) is 2.90. The molecular formula is C17H20F2N4O3. The normalized spacial score (nSPS) is 24.2. The highest BCUT2D eigenvalue weighted by Crippen LogP contribution is 2.20. The van der Waals surface area contributed by atoms with Gasteiger partial charge in [0.1, 0.15) is 17.7 Å². The van der Waals surface area contributed by atoms with Crippen LogP contribution in [0.4, 0.5) is 19.3 Å². The Morgan fingerprint density at radius 1 is 1.23 bits per heavy atom. The first-order chi connectivity index (χ1) is 12.5. The third-order valence-corrected chi connectivity index (χ3v) is 4.73. The monoisotopic (exact) mass is 366 g/mol. The molecule has 2 unspecified atom stereocenters. The van der Waals surface area contributed by atoms with E-state index in [9.17, 15) is 18.7 Å². The zero-order valence-corrected chi connectivity index (χ0v) is 14.1. The van der Waals surface area contributed by atoms with Crippen molar-refractivity contribution < 1.29 is 23.4 Å². The Labute approximate surface area is 149 Å². The summed E-state index contributed by atoms with van der Waals surface area (Å²) in [6.07, 6.45) is 0.159. The van der Waals surface area contributed by atoms with E-state index in [-0.39, 0.29) is 11.7 Å².